The summed E-state index contributed by atoms with van der Waals surface area (Å²) in [6, 6.07) is 8.61. The van der Waals surface area contributed by atoms with E-state index in [9.17, 15) is 13.2 Å². The molecule has 7 nitrogen and oxygen atoms in total. The molecule has 0 N–H and O–H groups in total. The fraction of sp³-hybridized carbons (Fsp3) is 0.545. The molecule has 0 atom stereocenters. The second-order valence-electron chi connectivity index (χ2n) is 8.64. The van der Waals surface area contributed by atoms with E-state index in [-0.39, 0.29) is 16.8 Å². The third kappa shape index (κ3) is 4.16. The van der Waals surface area contributed by atoms with E-state index in [0.29, 0.717) is 18.0 Å². The zero-order valence-corrected chi connectivity index (χ0v) is 18.7. The topological polar surface area (TPSA) is 75.5 Å². The molecule has 2 aliphatic carbocycles. The number of carbonyl (C=O) groups is 1. The summed E-state index contributed by atoms with van der Waals surface area (Å²) < 4.78 is 27.7. The normalized spacial score (nSPS) is 17.6. The minimum absolute atomic E-state index is 0.0608. The lowest BCUT2D eigenvalue weighted by Gasteiger charge is -2.28. The van der Waals surface area contributed by atoms with Crippen molar-refractivity contribution in [1.82, 2.24) is 19.0 Å². The molecule has 0 saturated heterocycles. The minimum atomic E-state index is -3.51. The summed E-state index contributed by atoms with van der Waals surface area (Å²) in [6.07, 6.45) is 6.69. The van der Waals surface area contributed by atoms with Gasteiger partial charge in [-0.15, -0.1) is 0 Å². The number of benzene rings is 1. The van der Waals surface area contributed by atoms with Crippen LogP contribution in [-0.4, -0.2) is 53.4 Å². The van der Waals surface area contributed by atoms with Gasteiger partial charge in [0.1, 0.15) is 0 Å². The Labute approximate surface area is 178 Å². The predicted molar refractivity (Wildman–Crippen MR) is 115 cm³/mol. The molecule has 2 aromatic rings. The second kappa shape index (κ2) is 8.15. The van der Waals surface area contributed by atoms with Crippen LogP contribution >= 0.6 is 0 Å². The zero-order chi connectivity index (χ0) is 21.5. The third-order valence-corrected chi connectivity index (χ3v) is 8.03. The number of amides is 1. The molecule has 162 valence electrons. The van der Waals surface area contributed by atoms with Crippen molar-refractivity contribution in [2.45, 2.75) is 61.9 Å². The van der Waals surface area contributed by atoms with Gasteiger partial charge in [-0.25, -0.2) is 12.7 Å². The molecule has 1 amide bonds. The molecule has 0 bridgehead atoms. The van der Waals surface area contributed by atoms with Crippen molar-refractivity contribution in [1.29, 1.82) is 0 Å². The van der Waals surface area contributed by atoms with Crippen LogP contribution in [0.4, 0.5) is 0 Å². The monoisotopic (exact) mass is 430 g/mol. The maximum absolute atomic E-state index is 13.4. The highest BCUT2D eigenvalue weighted by molar-refractivity contribution is 7.89. The number of aromatic nitrogens is 2. The first kappa shape index (κ1) is 21.1. The van der Waals surface area contributed by atoms with Gasteiger partial charge in [-0.2, -0.15) is 5.10 Å². The summed E-state index contributed by atoms with van der Waals surface area (Å²) in [7, 11) is 1.46. The van der Waals surface area contributed by atoms with Gasteiger partial charge >= 0.3 is 0 Å². The lowest BCUT2D eigenvalue weighted by atomic mass is 10.1. The first-order valence-electron chi connectivity index (χ1n) is 10.6. The van der Waals surface area contributed by atoms with Gasteiger partial charge < -0.3 is 4.90 Å². The van der Waals surface area contributed by atoms with E-state index in [0.717, 1.165) is 31.4 Å². The Kier molecular flexibility index (Phi) is 5.72. The van der Waals surface area contributed by atoms with Crippen LogP contribution in [0.25, 0.3) is 0 Å². The quantitative estimate of drug-likeness (QED) is 0.676. The van der Waals surface area contributed by atoms with Crippen LogP contribution in [-0.2, 0) is 23.6 Å². The van der Waals surface area contributed by atoms with Gasteiger partial charge in [-0.1, -0.05) is 12.8 Å². The van der Waals surface area contributed by atoms with Gasteiger partial charge in [-0.3, -0.25) is 9.48 Å². The van der Waals surface area contributed by atoms with Gasteiger partial charge in [0.2, 0.25) is 10.0 Å². The molecule has 4 rings (SSSR count). The van der Waals surface area contributed by atoms with Crippen LogP contribution in [0.3, 0.4) is 0 Å². The first-order chi connectivity index (χ1) is 14.3. The summed E-state index contributed by atoms with van der Waals surface area (Å²) in [5.74, 6) is 0.549. The van der Waals surface area contributed by atoms with E-state index < -0.39 is 10.0 Å². The largest absolute Gasteiger partial charge is 0.330 e. The van der Waals surface area contributed by atoms with Crippen LogP contribution < -0.4 is 0 Å². The van der Waals surface area contributed by atoms with Crippen LogP contribution in [0, 0.1) is 0 Å². The number of rotatable bonds is 7. The van der Waals surface area contributed by atoms with Crippen molar-refractivity contribution in [2.24, 2.45) is 7.05 Å². The van der Waals surface area contributed by atoms with E-state index in [4.69, 9.17) is 0 Å². The molecule has 1 aromatic heterocycles. The molecule has 30 heavy (non-hydrogen) atoms. The van der Waals surface area contributed by atoms with Gasteiger partial charge in [-0.05, 0) is 56.0 Å². The number of aryl methyl sites for hydroxylation is 1. The SMILES string of the molecule is CN(C)S(=O)(=O)c1ccc(C(=O)N(Cc2cc(C3CC3)n(C)n2)C2CCCC2)cc1. The Hall–Kier alpha value is -2.19. The Morgan fingerprint density at radius 2 is 1.73 bits per heavy atom. The molecule has 0 aliphatic heterocycles. The van der Waals surface area contributed by atoms with E-state index in [1.807, 2.05) is 16.6 Å². The lowest BCUT2D eigenvalue weighted by Crippen LogP contribution is -2.38. The van der Waals surface area contributed by atoms with Crippen LogP contribution in [0.5, 0.6) is 0 Å². The van der Waals surface area contributed by atoms with Crippen molar-refractivity contribution < 1.29 is 13.2 Å². The average Bonchev–Trinajstić information content (AvgIpc) is 3.28. The summed E-state index contributed by atoms with van der Waals surface area (Å²) >= 11 is 0. The van der Waals surface area contributed by atoms with Gasteiger partial charge in [0.25, 0.3) is 5.91 Å². The Balaban J connectivity index is 1.58. The van der Waals surface area contributed by atoms with Crippen LogP contribution in [0.2, 0.25) is 0 Å². The lowest BCUT2D eigenvalue weighted by molar-refractivity contribution is 0.0661. The fourth-order valence-corrected chi connectivity index (χ4v) is 5.19. The Morgan fingerprint density at radius 3 is 2.30 bits per heavy atom. The van der Waals surface area contributed by atoms with Gasteiger partial charge in [0, 0.05) is 44.4 Å². The Bertz CT molecular complexity index is 1020. The summed E-state index contributed by atoms with van der Waals surface area (Å²) in [5.41, 5.74) is 2.69. The zero-order valence-electron chi connectivity index (χ0n) is 17.9. The fourth-order valence-electron chi connectivity index (χ4n) is 4.29. The van der Waals surface area contributed by atoms with E-state index in [2.05, 4.69) is 11.2 Å². The highest BCUT2D eigenvalue weighted by atomic mass is 32.2. The summed E-state index contributed by atoms with van der Waals surface area (Å²) in [6.45, 7) is 0.488. The number of carbonyl (C=O) groups excluding carboxylic acids is 1. The molecular formula is C22H30N4O3S. The van der Waals surface area contributed by atoms with Crippen molar-refractivity contribution in [3.8, 4) is 0 Å². The first-order valence-corrected chi connectivity index (χ1v) is 12.1. The molecular weight excluding hydrogens is 400 g/mol. The summed E-state index contributed by atoms with van der Waals surface area (Å²) in [5, 5.41) is 4.66. The van der Waals surface area contributed by atoms with Crippen LogP contribution in [0.15, 0.2) is 35.2 Å². The van der Waals surface area contributed by atoms with Crippen molar-refractivity contribution in [3.63, 3.8) is 0 Å². The molecule has 0 spiro atoms. The number of nitrogens with zero attached hydrogens (tertiary/aromatic N) is 4. The van der Waals surface area contributed by atoms with E-state index >= 15 is 0 Å². The molecule has 2 aliphatic rings. The highest BCUT2D eigenvalue weighted by Crippen LogP contribution is 2.40. The molecule has 2 saturated carbocycles. The second-order valence-corrected chi connectivity index (χ2v) is 10.8. The number of sulfonamides is 1. The maximum Gasteiger partial charge on any atom is 0.254 e. The highest BCUT2D eigenvalue weighted by Gasteiger charge is 2.31. The third-order valence-electron chi connectivity index (χ3n) is 6.20. The van der Waals surface area contributed by atoms with E-state index in [1.165, 1.54) is 49.1 Å². The van der Waals surface area contributed by atoms with Gasteiger partial charge in [0.05, 0.1) is 17.1 Å². The standard InChI is InChI=1S/C22H30N4O3S/c1-24(2)30(28,29)20-12-10-17(11-13-20)22(27)26(19-6-4-5-7-19)15-18-14-21(16-8-9-16)25(3)23-18/h10-14,16,19H,4-9,15H2,1-3H3. The summed E-state index contributed by atoms with van der Waals surface area (Å²) in [4.78, 5) is 15.5. The maximum atomic E-state index is 13.4. The predicted octanol–water partition coefficient (Wildman–Crippen LogP) is 3.13. The number of hydrogen-bond donors (Lipinski definition) is 0. The molecule has 8 heteroatoms. The van der Waals surface area contributed by atoms with Crippen molar-refractivity contribution >= 4 is 15.9 Å². The average molecular weight is 431 g/mol. The van der Waals surface area contributed by atoms with Crippen molar-refractivity contribution in [2.75, 3.05) is 14.1 Å². The number of hydrogen-bond acceptors (Lipinski definition) is 4. The molecule has 0 unspecified atom stereocenters. The smallest absolute Gasteiger partial charge is 0.254 e. The molecule has 0 radical (unpaired) electrons. The minimum Gasteiger partial charge on any atom is -0.330 e. The van der Waals surface area contributed by atoms with Crippen LogP contribution in [0.1, 0.15) is 66.2 Å². The molecule has 2 fully saturated rings. The Morgan fingerprint density at radius 1 is 1.10 bits per heavy atom. The van der Waals surface area contributed by atoms with Crippen molar-refractivity contribution in [3.05, 3.63) is 47.3 Å². The van der Waals surface area contributed by atoms with Gasteiger partial charge in [0.15, 0.2) is 0 Å². The van der Waals surface area contributed by atoms with E-state index in [1.54, 1.807) is 12.1 Å². The molecule has 1 heterocycles. The molecule has 1 aromatic carbocycles.